The van der Waals surface area contributed by atoms with Crippen LogP contribution in [0.1, 0.15) is 26.7 Å². The SMILES string of the molecule is CC(C)(C(=O)O)C1(O)CCN(S(=O)(=O)c2cccc(F)c2F)CC1. The Morgan fingerprint density at radius 3 is 2.29 bits per heavy atom. The highest BCUT2D eigenvalue weighted by Gasteiger charge is 2.51. The van der Waals surface area contributed by atoms with Gasteiger partial charge in [0.05, 0.1) is 11.0 Å². The molecule has 1 aliphatic rings. The minimum atomic E-state index is -4.27. The second-order valence-electron chi connectivity index (χ2n) is 6.42. The molecule has 1 aromatic rings. The molecule has 1 heterocycles. The molecule has 2 rings (SSSR count). The molecule has 0 unspecified atom stereocenters. The number of carbonyl (C=O) groups is 1. The van der Waals surface area contributed by atoms with Crippen molar-refractivity contribution in [2.45, 2.75) is 37.2 Å². The van der Waals surface area contributed by atoms with Gasteiger partial charge in [-0.3, -0.25) is 4.79 Å². The first kappa shape index (κ1) is 18.8. The lowest BCUT2D eigenvalue weighted by molar-refractivity contribution is -0.169. The van der Waals surface area contributed by atoms with Crippen molar-refractivity contribution in [1.29, 1.82) is 0 Å². The van der Waals surface area contributed by atoms with Gasteiger partial charge in [0.25, 0.3) is 0 Å². The lowest BCUT2D eigenvalue weighted by Gasteiger charge is -2.44. The number of aliphatic carboxylic acids is 1. The van der Waals surface area contributed by atoms with E-state index in [-0.39, 0.29) is 25.9 Å². The van der Waals surface area contributed by atoms with E-state index in [0.717, 1.165) is 22.5 Å². The number of aliphatic hydroxyl groups is 1. The van der Waals surface area contributed by atoms with Crippen LogP contribution in [0.5, 0.6) is 0 Å². The zero-order valence-electron chi connectivity index (χ0n) is 13.3. The molecule has 0 spiro atoms. The lowest BCUT2D eigenvalue weighted by atomic mass is 9.70. The standard InChI is InChI=1S/C15H19F2NO5S/c1-14(2,13(19)20)15(21)6-8-18(9-7-15)24(22,23)11-5-3-4-10(16)12(11)17/h3-5,21H,6-9H2,1-2H3,(H,19,20). The monoisotopic (exact) mass is 363 g/mol. The number of sulfonamides is 1. The molecule has 6 nitrogen and oxygen atoms in total. The number of piperidine rings is 1. The minimum Gasteiger partial charge on any atom is -0.481 e. The molecule has 2 N–H and O–H groups in total. The Balaban J connectivity index is 2.26. The van der Waals surface area contributed by atoms with Crippen LogP contribution in [0.3, 0.4) is 0 Å². The van der Waals surface area contributed by atoms with Crippen molar-refractivity contribution in [3.05, 3.63) is 29.8 Å². The molecule has 0 aliphatic carbocycles. The van der Waals surface area contributed by atoms with Crippen LogP contribution >= 0.6 is 0 Å². The van der Waals surface area contributed by atoms with Crippen LogP contribution in [0.25, 0.3) is 0 Å². The normalized spacial score (nSPS) is 19.2. The molecule has 1 fully saturated rings. The van der Waals surface area contributed by atoms with E-state index >= 15 is 0 Å². The largest absolute Gasteiger partial charge is 0.481 e. The fraction of sp³-hybridized carbons (Fsp3) is 0.533. The van der Waals surface area contributed by atoms with Gasteiger partial charge in [0, 0.05) is 13.1 Å². The summed E-state index contributed by atoms with van der Waals surface area (Å²) in [5, 5.41) is 19.8. The van der Waals surface area contributed by atoms with Gasteiger partial charge in [-0.05, 0) is 38.8 Å². The summed E-state index contributed by atoms with van der Waals surface area (Å²) in [6, 6.07) is 2.88. The van der Waals surface area contributed by atoms with Gasteiger partial charge in [0.15, 0.2) is 11.6 Å². The van der Waals surface area contributed by atoms with E-state index < -0.39 is 43.5 Å². The third kappa shape index (κ3) is 2.91. The molecular formula is C15H19F2NO5S. The lowest BCUT2D eigenvalue weighted by Crippen LogP contribution is -2.56. The summed E-state index contributed by atoms with van der Waals surface area (Å²) in [5.41, 5.74) is -3.06. The topological polar surface area (TPSA) is 94.9 Å². The molecule has 0 saturated carbocycles. The molecule has 134 valence electrons. The molecule has 1 aromatic carbocycles. The van der Waals surface area contributed by atoms with Crippen molar-refractivity contribution in [1.82, 2.24) is 4.31 Å². The van der Waals surface area contributed by atoms with Crippen molar-refractivity contribution in [3.63, 3.8) is 0 Å². The fourth-order valence-corrected chi connectivity index (χ4v) is 4.26. The Hall–Kier alpha value is -1.58. The summed E-state index contributed by atoms with van der Waals surface area (Å²) >= 11 is 0. The number of rotatable bonds is 4. The number of carboxylic acids is 1. The number of hydrogen-bond donors (Lipinski definition) is 2. The van der Waals surface area contributed by atoms with Gasteiger partial charge in [-0.2, -0.15) is 4.31 Å². The van der Waals surface area contributed by atoms with Crippen LogP contribution in [0.15, 0.2) is 23.1 Å². The van der Waals surface area contributed by atoms with Gasteiger partial charge < -0.3 is 10.2 Å². The quantitative estimate of drug-likeness (QED) is 0.847. The van der Waals surface area contributed by atoms with Gasteiger partial charge >= 0.3 is 5.97 Å². The average molecular weight is 363 g/mol. The minimum absolute atomic E-state index is 0.123. The molecule has 0 bridgehead atoms. The Morgan fingerprint density at radius 1 is 1.25 bits per heavy atom. The maximum atomic E-state index is 13.8. The molecule has 24 heavy (non-hydrogen) atoms. The summed E-state index contributed by atoms with van der Waals surface area (Å²) in [7, 11) is -4.27. The molecule has 0 aromatic heterocycles. The molecule has 1 saturated heterocycles. The second-order valence-corrected chi connectivity index (χ2v) is 8.32. The van der Waals surface area contributed by atoms with E-state index in [9.17, 15) is 32.2 Å². The van der Waals surface area contributed by atoms with Crippen molar-refractivity contribution >= 4 is 16.0 Å². The molecule has 0 atom stereocenters. The summed E-state index contributed by atoms with van der Waals surface area (Å²) < 4.78 is 53.0. The highest BCUT2D eigenvalue weighted by atomic mass is 32.2. The molecular weight excluding hydrogens is 344 g/mol. The van der Waals surface area contributed by atoms with Crippen molar-refractivity contribution < 1.29 is 32.2 Å². The summed E-state index contributed by atoms with van der Waals surface area (Å²) in [4.78, 5) is 10.6. The Morgan fingerprint density at radius 2 is 1.79 bits per heavy atom. The number of hydrogen-bond acceptors (Lipinski definition) is 4. The van der Waals surface area contributed by atoms with Gasteiger partial charge in [-0.15, -0.1) is 0 Å². The molecule has 9 heteroatoms. The van der Waals surface area contributed by atoms with Crippen LogP contribution < -0.4 is 0 Å². The Bertz CT molecular complexity index is 755. The average Bonchev–Trinajstić information content (AvgIpc) is 2.50. The number of nitrogens with zero attached hydrogens (tertiary/aromatic N) is 1. The first-order valence-electron chi connectivity index (χ1n) is 7.33. The van der Waals surface area contributed by atoms with Crippen LogP contribution in [-0.2, 0) is 14.8 Å². The molecule has 1 aliphatic heterocycles. The number of benzene rings is 1. The van der Waals surface area contributed by atoms with Crippen LogP contribution in [-0.4, -0.2) is 47.6 Å². The highest BCUT2D eigenvalue weighted by Crippen LogP contribution is 2.40. The summed E-state index contributed by atoms with van der Waals surface area (Å²) in [5.74, 6) is -3.92. The van der Waals surface area contributed by atoms with Crippen molar-refractivity contribution in [2.24, 2.45) is 5.41 Å². The predicted molar refractivity (Wildman–Crippen MR) is 80.7 cm³/mol. The van der Waals surface area contributed by atoms with Crippen LogP contribution in [0, 0.1) is 17.0 Å². The van der Waals surface area contributed by atoms with Gasteiger partial charge in [-0.25, -0.2) is 17.2 Å². The first-order valence-corrected chi connectivity index (χ1v) is 8.77. The van der Waals surface area contributed by atoms with Crippen molar-refractivity contribution in [2.75, 3.05) is 13.1 Å². The van der Waals surface area contributed by atoms with E-state index in [1.807, 2.05) is 0 Å². The number of carboxylic acid groups (broad SMARTS) is 1. The fourth-order valence-electron chi connectivity index (χ4n) is 2.74. The second kappa shape index (κ2) is 6.05. The maximum Gasteiger partial charge on any atom is 0.312 e. The zero-order valence-corrected chi connectivity index (χ0v) is 14.1. The third-order valence-electron chi connectivity index (χ3n) is 4.78. The van der Waals surface area contributed by atoms with E-state index in [1.54, 1.807) is 0 Å². The van der Waals surface area contributed by atoms with E-state index in [2.05, 4.69) is 0 Å². The zero-order chi connectivity index (χ0) is 18.3. The van der Waals surface area contributed by atoms with E-state index in [4.69, 9.17) is 0 Å². The van der Waals surface area contributed by atoms with Gasteiger partial charge in [-0.1, -0.05) is 6.07 Å². The van der Waals surface area contributed by atoms with E-state index in [1.165, 1.54) is 13.8 Å². The smallest absolute Gasteiger partial charge is 0.312 e. The van der Waals surface area contributed by atoms with Crippen LogP contribution in [0.4, 0.5) is 8.78 Å². The highest BCUT2D eigenvalue weighted by molar-refractivity contribution is 7.89. The van der Waals surface area contributed by atoms with Gasteiger partial charge in [0.1, 0.15) is 4.90 Å². The Kier molecular flexibility index (Phi) is 4.73. The molecule has 0 amide bonds. The predicted octanol–water partition coefficient (Wildman–Crippen LogP) is 1.59. The Labute approximate surface area is 138 Å². The maximum absolute atomic E-state index is 13.8. The molecule has 0 radical (unpaired) electrons. The van der Waals surface area contributed by atoms with Crippen LogP contribution in [0.2, 0.25) is 0 Å². The summed E-state index contributed by atoms with van der Waals surface area (Å²) in [6.07, 6.45) is -0.245. The van der Waals surface area contributed by atoms with E-state index in [0.29, 0.717) is 0 Å². The first-order chi connectivity index (χ1) is 10.9. The number of halogens is 2. The third-order valence-corrected chi connectivity index (χ3v) is 6.70. The van der Waals surface area contributed by atoms with Gasteiger partial charge in [0.2, 0.25) is 10.0 Å². The summed E-state index contributed by atoms with van der Waals surface area (Å²) in [6.45, 7) is 2.36. The van der Waals surface area contributed by atoms with Crippen molar-refractivity contribution in [3.8, 4) is 0 Å².